The lowest BCUT2D eigenvalue weighted by Crippen LogP contribution is -2.36. The zero-order valence-corrected chi connectivity index (χ0v) is 13.9. The fraction of sp³-hybridized carbons (Fsp3) is 0.333. The van der Waals surface area contributed by atoms with Gasteiger partial charge in [0, 0.05) is 12.6 Å². The van der Waals surface area contributed by atoms with Crippen molar-refractivity contribution in [2.24, 2.45) is 0 Å². The molecule has 1 fully saturated rings. The van der Waals surface area contributed by atoms with Crippen molar-refractivity contribution in [2.75, 3.05) is 6.54 Å². The number of rotatable bonds is 8. The third-order valence-corrected chi connectivity index (χ3v) is 4.36. The van der Waals surface area contributed by atoms with Gasteiger partial charge in [0.2, 0.25) is 0 Å². The summed E-state index contributed by atoms with van der Waals surface area (Å²) in [6.07, 6.45) is 2.91. The molecule has 3 nitrogen and oxygen atoms in total. The van der Waals surface area contributed by atoms with Crippen LogP contribution in [0.1, 0.15) is 17.5 Å². The predicted molar refractivity (Wildman–Crippen MR) is 96.6 cm³/mol. The topological polar surface area (TPSA) is 30.5 Å². The van der Waals surface area contributed by atoms with Crippen LogP contribution < -0.4 is 5.32 Å². The van der Waals surface area contributed by atoms with Crippen LogP contribution in [0.5, 0.6) is 0 Å². The second-order valence-corrected chi connectivity index (χ2v) is 6.14. The molecule has 3 heteroatoms. The minimum atomic E-state index is 0.0342. The van der Waals surface area contributed by atoms with Crippen LogP contribution in [-0.2, 0) is 22.7 Å². The Morgan fingerprint density at radius 1 is 0.917 bits per heavy atom. The number of nitrogens with one attached hydrogen (secondary N) is 1. The summed E-state index contributed by atoms with van der Waals surface area (Å²) in [5, 5.41) is 3.51. The van der Waals surface area contributed by atoms with E-state index in [-0.39, 0.29) is 18.2 Å². The second kappa shape index (κ2) is 8.78. The number of hydrogen-bond acceptors (Lipinski definition) is 3. The van der Waals surface area contributed by atoms with Gasteiger partial charge in [0.25, 0.3) is 0 Å². The van der Waals surface area contributed by atoms with E-state index in [9.17, 15) is 0 Å². The first-order valence-corrected chi connectivity index (χ1v) is 8.52. The van der Waals surface area contributed by atoms with Crippen LogP contribution in [0.3, 0.4) is 0 Å². The highest BCUT2D eigenvalue weighted by Crippen LogP contribution is 2.21. The van der Waals surface area contributed by atoms with Crippen molar-refractivity contribution in [3.8, 4) is 0 Å². The SMILES string of the molecule is C=CC[C@@H]1NC[C@@H](OCc2ccccc2)[C@H]1OCc1ccccc1. The Bertz CT molecular complexity index is 614. The average Bonchev–Trinajstić information content (AvgIpc) is 3.02. The van der Waals surface area contributed by atoms with Crippen molar-refractivity contribution in [2.45, 2.75) is 37.9 Å². The normalized spacial score (nSPS) is 23.2. The smallest absolute Gasteiger partial charge is 0.101 e. The summed E-state index contributed by atoms with van der Waals surface area (Å²) in [7, 11) is 0. The van der Waals surface area contributed by atoms with Gasteiger partial charge in [0.15, 0.2) is 0 Å². The van der Waals surface area contributed by atoms with Crippen LogP contribution in [-0.4, -0.2) is 24.8 Å². The van der Waals surface area contributed by atoms with E-state index < -0.39 is 0 Å². The lowest BCUT2D eigenvalue weighted by atomic mass is 10.1. The zero-order chi connectivity index (χ0) is 16.6. The fourth-order valence-corrected chi connectivity index (χ4v) is 3.08. The molecule has 0 spiro atoms. The van der Waals surface area contributed by atoms with E-state index >= 15 is 0 Å². The number of hydrogen-bond donors (Lipinski definition) is 1. The van der Waals surface area contributed by atoms with E-state index in [0.717, 1.165) is 13.0 Å². The van der Waals surface area contributed by atoms with Gasteiger partial charge in [-0.2, -0.15) is 0 Å². The molecule has 3 atom stereocenters. The van der Waals surface area contributed by atoms with Gasteiger partial charge in [-0.1, -0.05) is 66.7 Å². The van der Waals surface area contributed by atoms with E-state index in [2.05, 4.69) is 36.2 Å². The van der Waals surface area contributed by atoms with Crippen molar-refractivity contribution >= 4 is 0 Å². The maximum atomic E-state index is 6.22. The number of ether oxygens (including phenoxy) is 2. The first-order valence-electron chi connectivity index (χ1n) is 8.52. The Balaban J connectivity index is 1.60. The maximum absolute atomic E-state index is 6.22. The largest absolute Gasteiger partial charge is 0.369 e. The Morgan fingerprint density at radius 3 is 2.08 bits per heavy atom. The molecule has 2 aromatic carbocycles. The molecule has 0 unspecified atom stereocenters. The molecule has 1 N–H and O–H groups in total. The molecular weight excluding hydrogens is 298 g/mol. The van der Waals surface area contributed by atoms with Crippen LogP contribution in [0, 0.1) is 0 Å². The number of benzene rings is 2. The molecule has 126 valence electrons. The Labute approximate surface area is 144 Å². The molecule has 0 aliphatic carbocycles. The summed E-state index contributed by atoms with van der Waals surface area (Å²) in [4.78, 5) is 0. The lowest BCUT2D eigenvalue weighted by Gasteiger charge is -2.24. The van der Waals surface area contributed by atoms with E-state index in [1.165, 1.54) is 11.1 Å². The molecule has 1 aliphatic heterocycles. The molecule has 0 radical (unpaired) electrons. The summed E-state index contributed by atoms with van der Waals surface area (Å²) in [6.45, 7) is 5.88. The summed E-state index contributed by atoms with van der Waals surface area (Å²) in [5.74, 6) is 0. The van der Waals surface area contributed by atoms with Crippen molar-refractivity contribution < 1.29 is 9.47 Å². The summed E-state index contributed by atoms with van der Waals surface area (Å²) in [6, 6.07) is 20.8. The molecule has 1 heterocycles. The van der Waals surface area contributed by atoms with Crippen LogP contribution in [0.2, 0.25) is 0 Å². The highest BCUT2D eigenvalue weighted by atomic mass is 16.5. The Hall–Kier alpha value is -1.94. The summed E-state index contributed by atoms with van der Waals surface area (Å²) >= 11 is 0. The first kappa shape index (κ1) is 16.9. The molecule has 0 aromatic heterocycles. The standard InChI is InChI=1S/C21H25NO2/c1-2-9-19-21(24-16-18-12-7-4-8-13-18)20(14-22-19)23-15-17-10-5-3-6-11-17/h2-8,10-13,19-22H,1,9,14-16H2/t19-,20+,21-/m0/s1. The fourth-order valence-electron chi connectivity index (χ4n) is 3.08. The van der Waals surface area contributed by atoms with Crippen LogP contribution >= 0.6 is 0 Å². The predicted octanol–water partition coefficient (Wildman–Crippen LogP) is 3.71. The molecule has 0 bridgehead atoms. The van der Waals surface area contributed by atoms with Crippen LogP contribution in [0.15, 0.2) is 73.3 Å². The van der Waals surface area contributed by atoms with Crippen LogP contribution in [0.4, 0.5) is 0 Å². The second-order valence-electron chi connectivity index (χ2n) is 6.14. The Kier molecular flexibility index (Phi) is 6.19. The highest BCUT2D eigenvalue weighted by Gasteiger charge is 2.36. The monoisotopic (exact) mass is 323 g/mol. The molecule has 1 saturated heterocycles. The molecule has 0 amide bonds. The third-order valence-electron chi connectivity index (χ3n) is 4.36. The highest BCUT2D eigenvalue weighted by molar-refractivity contribution is 5.14. The van der Waals surface area contributed by atoms with E-state index in [4.69, 9.17) is 9.47 Å². The minimum Gasteiger partial charge on any atom is -0.369 e. The van der Waals surface area contributed by atoms with Crippen molar-refractivity contribution in [3.63, 3.8) is 0 Å². The molecule has 3 rings (SSSR count). The zero-order valence-electron chi connectivity index (χ0n) is 13.9. The van der Waals surface area contributed by atoms with Crippen molar-refractivity contribution in [1.29, 1.82) is 0 Å². The average molecular weight is 323 g/mol. The molecule has 0 saturated carbocycles. The van der Waals surface area contributed by atoms with Gasteiger partial charge in [-0.25, -0.2) is 0 Å². The molecule has 1 aliphatic rings. The van der Waals surface area contributed by atoms with Gasteiger partial charge in [0.1, 0.15) is 6.10 Å². The van der Waals surface area contributed by atoms with Gasteiger partial charge >= 0.3 is 0 Å². The van der Waals surface area contributed by atoms with E-state index in [0.29, 0.717) is 13.2 Å². The maximum Gasteiger partial charge on any atom is 0.101 e. The van der Waals surface area contributed by atoms with E-state index in [1.54, 1.807) is 0 Å². The van der Waals surface area contributed by atoms with Crippen molar-refractivity contribution in [3.05, 3.63) is 84.4 Å². The lowest BCUT2D eigenvalue weighted by molar-refractivity contribution is -0.0695. The molecular formula is C21H25NO2. The van der Waals surface area contributed by atoms with Gasteiger partial charge in [0.05, 0.1) is 19.3 Å². The van der Waals surface area contributed by atoms with E-state index in [1.807, 2.05) is 42.5 Å². The minimum absolute atomic E-state index is 0.0342. The molecule has 2 aromatic rings. The Morgan fingerprint density at radius 2 is 1.50 bits per heavy atom. The van der Waals surface area contributed by atoms with Gasteiger partial charge < -0.3 is 14.8 Å². The van der Waals surface area contributed by atoms with Crippen molar-refractivity contribution in [1.82, 2.24) is 5.32 Å². The van der Waals surface area contributed by atoms with Gasteiger partial charge in [-0.05, 0) is 17.5 Å². The van der Waals surface area contributed by atoms with Crippen LogP contribution in [0.25, 0.3) is 0 Å². The third kappa shape index (κ3) is 4.54. The summed E-state index contributed by atoms with van der Waals surface area (Å²) < 4.78 is 12.4. The molecule has 24 heavy (non-hydrogen) atoms. The van der Waals surface area contributed by atoms with Gasteiger partial charge in [-0.15, -0.1) is 6.58 Å². The summed E-state index contributed by atoms with van der Waals surface area (Å²) in [5.41, 5.74) is 2.37. The first-order chi connectivity index (χ1) is 11.9. The quantitative estimate of drug-likeness (QED) is 0.751. The van der Waals surface area contributed by atoms with Gasteiger partial charge in [-0.3, -0.25) is 0 Å².